The predicted molar refractivity (Wildman–Crippen MR) is 109 cm³/mol. The predicted octanol–water partition coefficient (Wildman–Crippen LogP) is 3.65. The number of amides is 1. The highest BCUT2D eigenvalue weighted by atomic mass is 32.2. The fourth-order valence-electron chi connectivity index (χ4n) is 3.17. The summed E-state index contributed by atoms with van der Waals surface area (Å²) in [6, 6.07) is 15.3. The molecule has 4 rings (SSSR count). The topological polar surface area (TPSA) is 90.3 Å². The molecule has 1 aliphatic carbocycles. The van der Waals surface area contributed by atoms with Gasteiger partial charge in [0.1, 0.15) is 0 Å². The number of aryl methyl sites for hydroxylation is 1. The molecule has 1 amide bonds. The van der Waals surface area contributed by atoms with Gasteiger partial charge in [0.25, 0.3) is 16.0 Å². The van der Waals surface area contributed by atoms with Gasteiger partial charge in [-0.3, -0.25) is 8.98 Å². The van der Waals surface area contributed by atoms with Crippen molar-refractivity contribution in [1.82, 2.24) is 9.78 Å². The molecule has 1 aromatic heterocycles. The number of hydrogen-bond donors (Lipinski definition) is 1. The first-order valence-corrected chi connectivity index (χ1v) is 10.7. The van der Waals surface area contributed by atoms with Crippen molar-refractivity contribution >= 4 is 21.7 Å². The summed E-state index contributed by atoms with van der Waals surface area (Å²) in [5.74, 6) is 0.172. The quantitative estimate of drug-likeness (QED) is 0.626. The molecule has 1 aliphatic rings. The Balaban J connectivity index is 1.52. The highest BCUT2D eigenvalue weighted by Gasteiger charge is 2.28. The van der Waals surface area contributed by atoms with E-state index in [9.17, 15) is 13.2 Å². The lowest BCUT2D eigenvalue weighted by molar-refractivity contribution is 0.102. The normalized spacial score (nSPS) is 14.0. The Morgan fingerprint density at radius 3 is 2.52 bits per heavy atom. The largest absolute Gasteiger partial charge is 0.322 e. The first-order valence-electron chi connectivity index (χ1n) is 9.26. The van der Waals surface area contributed by atoms with E-state index in [-0.39, 0.29) is 10.5 Å². The molecule has 1 saturated carbocycles. The monoisotopic (exact) mass is 411 g/mol. The Morgan fingerprint density at radius 2 is 1.86 bits per heavy atom. The van der Waals surface area contributed by atoms with E-state index in [4.69, 9.17) is 0 Å². The molecule has 150 valence electrons. The number of benzene rings is 2. The van der Waals surface area contributed by atoms with Gasteiger partial charge in [-0.15, -0.1) is 0 Å². The van der Waals surface area contributed by atoms with Gasteiger partial charge < -0.3 is 5.32 Å². The average molecular weight is 411 g/mol. The van der Waals surface area contributed by atoms with Crippen molar-refractivity contribution in [3.8, 4) is 5.69 Å². The molecule has 1 N–H and O–H groups in total. The average Bonchev–Trinajstić information content (AvgIpc) is 3.50. The number of nitrogens with one attached hydrogen (secondary N) is 1. The molecule has 0 radical (unpaired) electrons. The second kappa shape index (κ2) is 7.46. The first kappa shape index (κ1) is 19.4. The Bertz CT molecular complexity index is 1160. The van der Waals surface area contributed by atoms with Gasteiger partial charge in [0.05, 0.1) is 23.4 Å². The number of carbonyl (C=O) groups is 1. The minimum atomic E-state index is -3.86. The summed E-state index contributed by atoms with van der Waals surface area (Å²) < 4.78 is 30.1. The molecular formula is C21H21N3O4S. The zero-order valence-electron chi connectivity index (χ0n) is 16.1. The van der Waals surface area contributed by atoms with E-state index in [0.717, 1.165) is 18.5 Å². The third-order valence-electron chi connectivity index (χ3n) is 4.83. The molecule has 0 aliphatic heterocycles. The van der Waals surface area contributed by atoms with Crippen molar-refractivity contribution < 1.29 is 17.4 Å². The molecule has 29 heavy (non-hydrogen) atoms. The van der Waals surface area contributed by atoms with Crippen LogP contribution in [0.25, 0.3) is 5.69 Å². The first-order chi connectivity index (χ1) is 13.9. The summed E-state index contributed by atoms with van der Waals surface area (Å²) in [5.41, 5.74) is 3.97. The fourth-order valence-corrected chi connectivity index (χ4v) is 3.88. The lowest BCUT2D eigenvalue weighted by atomic mass is 10.2. The number of anilines is 1. The van der Waals surface area contributed by atoms with Gasteiger partial charge in [-0.1, -0.05) is 6.07 Å². The van der Waals surface area contributed by atoms with Gasteiger partial charge in [0.15, 0.2) is 0 Å². The van der Waals surface area contributed by atoms with Crippen molar-refractivity contribution in [2.45, 2.75) is 30.6 Å². The van der Waals surface area contributed by atoms with Crippen molar-refractivity contribution in [3.63, 3.8) is 0 Å². The van der Waals surface area contributed by atoms with Crippen LogP contribution < -0.4 is 5.32 Å². The molecule has 1 heterocycles. The van der Waals surface area contributed by atoms with Gasteiger partial charge >= 0.3 is 0 Å². The third-order valence-corrected chi connectivity index (χ3v) is 6.10. The van der Waals surface area contributed by atoms with Crippen molar-refractivity contribution in [2.24, 2.45) is 0 Å². The van der Waals surface area contributed by atoms with Gasteiger partial charge in [-0.2, -0.15) is 13.5 Å². The number of hydrogen-bond acceptors (Lipinski definition) is 5. The van der Waals surface area contributed by atoms with Crippen molar-refractivity contribution in [1.29, 1.82) is 0 Å². The van der Waals surface area contributed by atoms with Gasteiger partial charge in [-0.05, 0) is 68.3 Å². The van der Waals surface area contributed by atoms with Crippen molar-refractivity contribution in [3.05, 3.63) is 71.5 Å². The molecule has 0 saturated heterocycles. The Morgan fingerprint density at radius 1 is 1.14 bits per heavy atom. The van der Waals surface area contributed by atoms with E-state index in [0.29, 0.717) is 11.6 Å². The minimum Gasteiger partial charge on any atom is -0.322 e. The SMILES string of the molecule is COS(=O)(=O)c1cccc(C(=O)Nc2ccc(-n3nc(C)cc3C3CC3)cc2)c1. The number of aromatic nitrogens is 2. The number of nitrogens with zero attached hydrogens (tertiary/aromatic N) is 2. The standard InChI is InChI=1S/C21H21N3O4S/c1-14-12-20(15-6-7-15)24(23-14)18-10-8-17(9-11-18)22-21(25)16-4-3-5-19(13-16)29(26,27)28-2/h3-5,8-13,15H,6-7H2,1-2H3,(H,22,25). The molecule has 0 spiro atoms. The molecule has 7 nitrogen and oxygen atoms in total. The summed E-state index contributed by atoms with van der Waals surface area (Å²) >= 11 is 0. The fraction of sp³-hybridized carbons (Fsp3) is 0.238. The van der Waals surface area contributed by atoms with E-state index in [1.54, 1.807) is 18.2 Å². The highest BCUT2D eigenvalue weighted by Crippen LogP contribution is 2.41. The second-order valence-corrected chi connectivity index (χ2v) is 8.76. The Hall–Kier alpha value is -2.97. The van der Waals surface area contributed by atoms with Crippen LogP contribution in [0.15, 0.2) is 59.5 Å². The molecular weight excluding hydrogens is 390 g/mol. The maximum atomic E-state index is 12.5. The van der Waals surface area contributed by atoms with Crippen LogP contribution in [0.5, 0.6) is 0 Å². The Labute approximate surface area is 169 Å². The number of rotatable bonds is 6. The van der Waals surface area contributed by atoms with Crippen LogP contribution >= 0.6 is 0 Å². The molecule has 3 aromatic rings. The maximum Gasteiger partial charge on any atom is 0.296 e. The zero-order chi connectivity index (χ0) is 20.6. The molecule has 2 aromatic carbocycles. The van der Waals surface area contributed by atoms with Crippen molar-refractivity contribution in [2.75, 3.05) is 12.4 Å². The molecule has 0 atom stereocenters. The summed E-state index contributed by atoms with van der Waals surface area (Å²) in [6.07, 6.45) is 2.38. The zero-order valence-corrected chi connectivity index (χ0v) is 16.9. The Kier molecular flexibility index (Phi) is 4.97. The second-order valence-electron chi connectivity index (χ2n) is 7.05. The molecule has 0 bridgehead atoms. The molecule has 1 fully saturated rings. The van der Waals surface area contributed by atoms with Crippen LogP contribution in [-0.2, 0) is 14.3 Å². The van der Waals surface area contributed by atoms with E-state index >= 15 is 0 Å². The van der Waals surface area contributed by atoms with Crippen LogP contribution in [0.2, 0.25) is 0 Å². The maximum absolute atomic E-state index is 12.5. The lowest BCUT2D eigenvalue weighted by Crippen LogP contribution is -2.13. The van der Waals surface area contributed by atoms with E-state index in [1.807, 2.05) is 23.7 Å². The van der Waals surface area contributed by atoms with E-state index in [1.165, 1.54) is 36.7 Å². The van der Waals surface area contributed by atoms with E-state index < -0.39 is 16.0 Å². The van der Waals surface area contributed by atoms with Gasteiger partial charge in [-0.25, -0.2) is 4.68 Å². The van der Waals surface area contributed by atoms with Gasteiger partial charge in [0.2, 0.25) is 0 Å². The summed E-state index contributed by atoms with van der Waals surface area (Å²) in [6.45, 7) is 1.98. The van der Waals surface area contributed by atoms with Gasteiger partial charge in [0, 0.05) is 22.9 Å². The lowest BCUT2D eigenvalue weighted by Gasteiger charge is -2.10. The molecule has 8 heteroatoms. The summed E-state index contributed by atoms with van der Waals surface area (Å²) in [5, 5.41) is 7.37. The van der Waals surface area contributed by atoms with Crippen LogP contribution in [0.4, 0.5) is 5.69 Å². The smallest absolute Gasteiger partial charge is 0.296 e. The van der Waals surface area contributed by atoms with E-state index in [2.05, 4.69) is 20.7 Å². The van der Waals surface area contributed by atoms with Crippen LogP contribution in [0.1, 0.15) is 40.5 Å². The van der Waals surface area contributed by atoms with Crippen LogP contribution in [0.3, 0.4) is 0 Å². The minimum absolute atomic E-state index is 0.0651. The van der Waals surface area contributed by atoms with Crippen LogP contribution in [-0.4, -0.2) is 31.2 Å². The highest BCUT2D eigenvalue weighted by molar-refractivity contribution is 7.86. The third kappa shape index (κ3) is 4.08. The molecule has 0 unspecified atom stereocenters. The number of carbonyl (C=O) groups excluding carboxylic acids is 1. The van der Waals surface area contributed by atoms with Crippen LogP contribution in [0, 0.1) is 6.92 Å². The summed E-state index contributed by atoms with van der Waals surface area (Å²) in [7, 11) is -2.77. The summed E-state index contributed by atoms with van der Waals surface area (Å²) in [4.78, 5) is 12.5.